The number of Topliss-reactive ketones (excluding diaryl/α,β-unsaturated/α-hetero) is 1. The molecule has 193 valence electrons. The van der Waals surface area contributed by atoms with Gasteiger partial charge in [-0.15, -0.1) is 0 Å². The monoisotopic (exact) mass is 473 g/mol. The average molecular weight is 474 g/mol. The number of ketones is 1. The summed E-state index contributed by atoms with van der Waals surface area (Å²) in [5.41, 5.74) is 0. The molecule has 2 heteroatoms. The molecule has 0 atom stereocenters. The number of unbranched alkanes of at least 4 members (excludes halogenated alkanes) is 24. The normalized spacial score (nSPS) is 11.0. The van der Waals surface area contributed by atoms with Gasteiger partial charge in [-0.2, -0.15) is 0 Å². The molecule has 0 rings (SSSR count). The second-order valence-electron chi connectivity index (χ2n) is 10.5. The van der Waals surface area contributed by atoms with Gasteiger partial charge in [0.25, 0.3) is 0 Å². The van der Waals surface area contributed by atoms with E-state index in [2.05, 4.69) is 13.8 Å². The molecule has 33 heavy (non-hydrogen) atoms. The van der Waals surface area contributed by atoms with Gasteiger partial charge in [-0.1, -0.05) is 168 Å². The summed E-state index contributed by atoms with van der Waals surface area (Å²) in [7, 11) is 0. The van der Waals surface area contributed by atoms with Crippen LogP contribution in [0.5, 0.6) is 0 Å². The molecule has 0 amide bonds. The van der Waals surface area contributed by atoms with Crippen LogP contribution in [0.3, 0.4) is 0 Å². The van der Waals surface area contributed by atoms with E-state index < -0.39 is 0 Å². The molecule has 1 nitrogen and oxygen atoms in total. The zero-order chi connectivity index (χ0) is 23.4. The molecular weight excluding hydrogens is 411 g/mol. The Morgan fingerprint density at radius 1 is 0.333 bits per heavy atom. The van der Waals surface area contributed by atoms with Gasteiger partial charge >= 0.3 is 0 Å². The van der Waals surface area contributed by atoms with Crippen LogP contribution >= 0.6 is 0 Å². The summed E-state index contributed by atoms with van der Waals surface area (Å²) in [5, 5.41) is 0. The van der Waals surface area contributed by atoms with Crippen molar-refractivity contribution < 1.29 is 4.79 Å². The molecule has 0 aliphatic carbocycles. The van der Waals surface area contributed by atoms with E-state index in [1.54, 1.807) is 0 Å². The first-order valence-corrected chi connectivity index (χ1v) is 15.3. The Morgan fingerprint density at radius 2 is 0.515 bits per heavy atom. The molecular formula is C31H62NaO. The molecule has 0 aliphatic heterocycles. The van der Waals surface area contributed by atoms with E-state index in [9.17, 15) is 4.79 Å². The summed E-state index contributed by atoms with van der Waals surface area (Å²) in [5.74, 6) is 0.524. The Bertz CT molecular complexity index is 323. The molecule has 0 saturated carbocycles. The Hall–Kier alpha value is 0.670. The Labute approximate surface area is 232 Å². The van der Waals surface area contributed by atoms with E-state index in [0.717, 1.165) is 25.7 Å². The van der Waals surface area contributed by atoms with Crippen LogP contribution in [0.25, 0.3) is 0 Å². The Kier molecular flexibility index (Phi) is 35.5. The van der Waals surface area contributed by atoms with Crippen LogP contribution in [-0.2, 0) is 4.79 Å². The summed E-state index contributed by atoms with van der Waals surface area (Å²) in [6.45, 7) is 4.58. The minimum absolute atomic E-state index is 0. The van der Waals surface area contributed by atoms with Crippen LogP contribution in [0.4, 0.5) is 0 Å². The fourth-order valence-corrected chi connectivity index (χ4v) is 4.80. The minimum Gasteiger partial charge on any atom is -0.300 e. The Balaban J connectivity index is 0. The first-order valence-electron chi connectivity index (χ1n) is 15.3. The summed E-state index contributed by atoms with van der Waals surface area (Å²) >= 11 is 0. The molecule has 0 unspecified atom stereocenters. The summed E-state index contributed by atoms with van der Waals surface area (Å²) in [6, 6.07) is 0. The van der Waals surface area contributed by atoms with Crippen LogP contribution in [-0.4, -0.2) is 35.3 Å². The second-order valence-corrected chi connectivity index (χ2v) is 10.5. The van der Waals surface area contributed by atoms with Gasteiger partial charge in [-0.3, -0.25) is 4.79 Å². The smallest absolute Gasteiger partial charge is 0.132 e. The molecule has 0 fully saturated rings. The zero-order valence-corrected chi connectivity index (χ0v) is 25.7. The van der Waals surface area contributed by atoms with Crippen molar-refractivity contribution in [1.29, 1.82) is 0 Å². The first-order chi connectivity index (χ1) is 15.8. The molecule has 0 saturated heterocycles. The predicted octanol–water partition coefficient (Wildman–Crippen LogP) is 11.1. The van der Waals surface area contributed by atoms with Crippen LogP contribution in [0.2, 0.25) is 0 Å². The largest absolute Gasteiger partial charge is 0.300 e. The van der Waals surface area contributed by atoms with Crippen LogP contribution < -0.4 is 0 Å². The third-order valence-electron chi connectivity index (χ3n) is 7.12. The van der Waals surface area contributed by atoms with E-state index in [4.69, 9.17) is 0 Å². The zero-order valence-electron chi connectivity index (χ0n) is 23.7. The number of carbonyl (C=O) groups excluding carboxylic acids is 1. The maximum atomic E-state index is 12.0. The maximum Gasteiger partial charge on any atom is 0.132 e. The third kappa shape index (κ3) is 32.7. The van der Waals surface area contributed by atoms with Gasteiger partial charge in [0.2, 0.25) is 0 Å². The number of carbonyl (C=O) groups is 1. The van der Waals surface area contributed by atoms with Crippen molar-refractivity contribution in [2.45, 2.75) is 194 Å². The number of hydrogen-bond acceptors (Lipinski definition) is 1. The van der Waals surface area contributed by atoms with E-state index in [0.29, 0.717) is 5.78 Å². The average Bonchev–Trinajstić information content (AvgIpc) is 2.80. The van der Waals surface area contributed by atoms with Gasteiger partial charge in [0.05, 0.1) is 0 Å². The molecule has 0 aromatic heterocycles. The Morgan fingerprint density at radius 3 is 0.727 bits per heavy atom. The van der Waals surface area contributed by atoms with Crippen molar-refractivity contribution in [2.24, 2.45) is 0 Å². The van der Waals surface area contributed by atoms with Crippen molar-refractivity contribution in [3.63, 3.8) is 0 Å². The van der Waals surface area contributed by atoms with E-state index >= 15 is 0 Å². The molecule has 0 N–H and O–H groups in total. The first kappa shape index (κ1) is 35.8. The van der Waals surface area contributed by atoms with Crippen molar-refractivity contribution >= 4 is 35.3 Å². The van der Waals surface area contributed by atoms with Crippen LogP contribution in [0.15, 0.2) is 0 Å². The van der Waals surface area contributed by atoms with Crippen molar-refractivity contribution in [3.8, 4) is 0 Å². The molecule has 0 spiro atoms. The standard InChI is InChI=1S/C31H62O.Na/c1-3-5-7-9-11-13-15-17-19-21-23-25-27-29-31(32)30-28-26-24-22-20-18-16-14-12-10-8-6-4-2;/h3-30H2,1-2H3;. The van der Waals surface area contributed by atoms with Gasteiger partial charge < -0.3 is 0 Å². The summed E-state index contributed by atoms with van der Waals surface area (Å²) < 4.78 is 0. The summed E-state index contributed by atoms with van der Waals surface area (Å²) in [6.07, 6.45) is 37.5. The number of hydrogen-bond donors (Lipinski definition) is 0. The molecule has 0 bridgehead atoms. The van der Waals surface area contributed by atoms with Gasteiger partial charge in [-0.25, -0.2) is 0 Å². The third-order valence-corrected chi connectivity index (χ3v) is 7.12. The fraction of sp³-hybridized carbons (Fsp3) is 0.968. The second kappa shape index (κ2) is 32.7. The van der Waals surface area contributed by atoms with E-state index in [-0.39, 0.29) is 29.6 Å². The van der Waals surface area contributed by atoms with Gasteiger partial charge in [0.15, 0.2) is 0 Å². The van der Waals surface area contributed by atoms with Crippen molar-refractivity contribution in [2.75, 3.05) is 0 Å². The molecule has 0 heterocycles. The van der Waals surface area contributed by atoms with Crippen molar-refractivity contribution in [3.05, 3.63) is 0 Å². The van der Waals surface area contributed by atoms with E-state index in [1.807, 2.05) is 0 Å². The van der Waals surface area contributed by atoms with Gasteiger partial charge in [-0.05, 0) is 12.8 Å². The van der Waals surface area contributed by atoms with Crippen LogP contribution in [0.1, 0.15) is 194 Å². The minimum atomic E-state index is 0. The van der Waals surface area contributed by atoms with Gasteiger partial charge in [0, 0.05) is 42.4 Å². The van der Waals surface area contributed by atoms with E-state index in [1.165, 1.54) is 154 Å². The quantitative estimate of drug-likeness (QED) is 0.0815. The molecule has 0 aromatic rings. The maximum absolute atomic E-state index is 12.0. The number of rotatable bonds is 28. The van der Waals surface area contributed by atoms with Crippen molar-refractivity contribution in [1.82, 2.24) is 0 Å². The topological polar surface area (TPSA) is 17.1 Å². The fourth-order valence-electron chi connectivity index (χ4n) is 4.80. The van der Waals surface area contributed by atoms with Gasteiger partial charge in [0.1, 0.15) is 5.78 Å². The summed E-state index contributed by atoms with van der Waals surface area (Å²) in [4.78, 5) is 12.0. The predicted molar refractivity (Wildman–Crippen MR) is 151 cm³/mol. The SMILES string of the molecule is CCCCCCCCCCCCCCCC(=O)CCCCCCCCCCCCCCC.[Na]. The molecule has 0 aliphatic rings. The molecule has 0 aromatic carbocycles. The van der Waals surface area contributed by atoms with Crippen LogP contribution in [0, 0.1) is 0 Å². The molecule has 1 radical (unpaired) electrons.